The summed E-state index contributed by atoms with van der Waals surface area (Å²) in [6.45, 7) is 4.61. The highest BCUT2D eigenvalue weighted by Gasteiger charge is 2.15. The molecule has 0 aliphatic heterocycles. The molecule has 0 atom stereocenters. The fourth-order valence-electron chi connectivity index (χ4n) is 1.55. The summed E-state index contributed by atoms with van der Waals surface area (Å²) in [6, 6.07) is 5.31. The van der Waals surface area contributed by atoms with Crippen LogP contribution < -0.4 is 16.2 Å². The second-order valence-electron chi connectivity index (χ2n) is 5.44. The lowest BCUT2D eigenvalue weighted by Crippen LogP contribution is -2.39. The summed E-state index contributed by atoms with van der Waals surface area (Å²) in [5.74, 6) is -0.327. The molecular weight excluding hydrogens is 261 g/mol. The smallest absolute Gasteiger partial charge is 0.333 e. The fourth-order valence-corrected chi connectivity index (χ4v) is 1.55. The molecule has 1 rings (SSSR count). The molecule has 0 radical (unpaired) electrons. The number of halogens is 1. The van der Waals surface area contributed by atoms with Gasteiger partial charge in [-0.1, -0.05) is 13.8 Å². The second-order valence-corrected chi connectivity index (χ2v) is 5.44. The van der Waals surface area contributed by atoms with E-state index >= 15 is 0 Å². The molecule has 2 amide bonds. The second kappa shape index (κ2) is 7.69. The maximum Gasteiger partial charge on any atom is 0.333 e. The molecule has 0 fully saturated rings. The first-order valence-electron chi connectivity index (χ1n) is 6.59. The number of hydrogen-bond donors (Lipinski definition) is 4. The molecule has 0 bridgehead atoms. The van der Waals surface area contributed by atoms with Crippen LogP contribution in [0.2, 0.25) is 0 Å². The fraction of sp³-hybridized carbons (Fsp3) is 0.500. The van der Waals surface area contributed by atoms with Gasteiger partial charge >= 0.3 is 6.03 Å². The number of carbonyl (C=O) groups excluding carboxylic acids is 1. The maximum atomic E-state index is 12.7. The predicted molar refractivity (Wildman–Crippen MR) is 76.7 cm³/mol. The maximum absolute atomic E-state index is 12.7. The quantitative estimate of drug-likeness (QED) is 0.458. The Balaban J connectivity index is 2.16. The molecule has 20 heavy (non-hydrogen) atoms. The van der Waals surface area contributed by atoms with E-state index in [0.717, 1.165) is 12.8 Å². The number of nitrogens with one attached hydrogen (secondary N) is 3. The van der Waals surface area contributed by atoms with Gasteiger partial charge in [-0.25, -0.2) is 9.18 Å². The molecule has 0 aliphatic carbocycles. The minimum absolute atomic E-state index is 0.121. The van der Waals surface area contributed by atoms with E-state index in [4.69, 9.17) is 5.11 Å². The Hall–Kier alpha value is -1.82. The monoisotopic (exact) mass is 283 g/mol. The molecule has 0 heterocycles. The molecule has 0 unspecified atom stereocenters. The molecule has 1 aromatic carbocycles. The van der Waals surface area contributed by atoms with Crippen molar-refractivity contribution in [3.63, 3.8) is 0 Å². The average molecular weight is 283 g/mol. The van der Waals surface area contributed by atoms with E-state index in [1.165, 1.54) is 24.3 Å². The zero-order valence-electron chi connectivity index (χ0n) is 11.9. The number of urea groups is 1. The third-order valence-electron chi connectivity index (χ3n) is 2.91. The van der Waals surface area contributed by atoms with Crippen LogP contribution in [0.1, 0.15) is 26.7 Å². The first kappa shape index (κ1) is 16.2. The van der Waals surface area contributed by atoms with Crippen molar-refractivity contribution in [1.29, 1.82) is 0 Å². The Morgan fingerprint density at radius 1 is 1.30 bits per heavy atom. The lowest BCUT2D eigenvalue weighted by Gasteiger charge is -2.21. The van der Waals surface area contributed by atoms with Crippen LogP contribution in [0.4, 0.5) is 14.9 Å². The number of aliphatic hydroxyl groups excluding tert-OH is 1. The lowest BCUT2D eigenvalue weighted by molar-refractivity contribution is 0.148. The lowest BCUT2D eigenvalue weighted by atomic mass is 9.89. The summed E-state index contributed by atoms with van der Waals surface area (Å²) in [4.78, 5) is 11.5. The van der Waals surface area contributed by atoms with Gasteiger partial charge in [0.15, 0.2) is 0 Å². The Kier molecular flexibility index (Phi) is 6.24. The molecule has 0 aromatic heterocycles. The van der Waals surface area contributed by atoms with Gasteiger partial charge in [0.05, 0.1) is 5.69 Å². The molecule has 4 N–H and O–H groups in total. The zero-order chi connectivity index (χ0) is 15.0. The highest BCUT2D eigenvalue weighted by molar-refractivity contribution is 5.75. The van der Waals surface area contributed by atoms with E-state index in [0.29, 0.717) is 12.2 Å². The van der Waals surface area contributed by atoms with Crippen LogP contribution >= 0.6 is 0 Å². The molecule has 6 heteroatoms. The number of hydrogen-bond acceptors (Lipinski definition) is 3. The zero-order valence-corrected chi connectivity index (χ0v) is 11.9. The van der Waals surface area contributed by atoms with Gasteiger partial charge in [-0.3, -0.25) is 10.9 Å². The largest absolute Gasteiger partial charge is 0.396 e. The normalized spacial score (nSPS) is 11.0. The molecule has 0 saturated heterocycles. The van der Waals surface area contributed by atoms with Gasteiger partial charge in [0.2, 0.25) is 0 Å². The van der Waals surface area contributed by atoms with Gasteiger partial charge < -0.3 is 10.4 Å². The first-order valence-corrected chi connectivity index (χ1v) is 6.59. The third kappa shape index (κ3) is 6.38. The van der Waals surface area contributed by atoms with Crippen LogP contribution in [0.5, 0.6) is 0 Å². The van der Waals surface area contributed by atoms with Crippen LogP contribution in [-0.2, 0) is 0 Å². The summed E-state index contributed by atoms with van der Waals surface area (Å²) >= 11 is 0. The van der Waals surface area contributed by atoms with Crippen LogP contribution in [0, 0.1) is 11.2 Å². The van der Waals surface area contributed by atoms with E-state index in [-0.39, 0.29) is 23.9 Å². The Morgan fingerprint density at radius 2 is 1.95 bits per heavy atom. The van der Waals surface area contributed by atoms with Crippen molar-refractivity contribution in [2.75, 3.05) is 18.6 Å². The number of benzene rings is 1. The molecular formula is C14H22FN3O2. The van der Waals surface area contributed by atoms with Crippen molar-refractivity contribution in [3.05, 3.63) is 30.1 Å². The Bertz CT molecular complexity index is 421. The average Bonchev–Trinajstić information content (AvgIpc) is 2.43. The first-order chi connectivity index (χ1) is 9.43. The van der Waals surface area contributed by atoms with Crippen LogP contribution in [-0.4, -0.2) is 24.3 Å². The summed E-state index contributed by atoms with van der Waals surface area (Å²) in [5, 5.41) is 11.8. The van der Waals surface area contributed by atoms with Crippen molar-refractivity contribution in [2.24, 2.45) is 5.41 Å². The van der Waals surface area contributed by atoms with Gasteiger partial charge in [-0.15, -0.1) is 0 Å². The summed E-state index contributed by atoms with van der Waals surface area (Å²) in [6.07, 6.45) is 1.62. The molecule has 1 aromatic rings. The Morgan fingerprint density at radius 3 is 2.55 bits per heavy atom. The van der Waals surface area contributed by atoms with Crippen LogP contribution in [0.25, 0.3) is 0 Å². The van der Waals surface area contributed by atoms with Crippen LogP contribution in [0.3, 0.4) is 0 Å². The van der Waals surface area contributed by atoms with E-state index in [2.05, 4.69) is 16.2 Å². The van der Waals surface area contributed by atoms with Crippen molar-refractivity contribution >= 4 is 11.7 Å². The van der Waals surface area contributed by atoms with Crippen molar-refractivity contribution in [1.82, 2.24) is 10.7 Å². The Labute approximate surface area is 118 Å². The molecule has 112 valence electrons. The number of amides is 2. The van der Waals surface area contributed by atoms with E-state index in [9.17, 15) is 9.18 Å². The van der Waals surface area contributed by atoms with Crippen molar-refractivity contribution < 1.29 is 14.3 Å². The van der Waals surface area contributed by atoms with E-state index < -0.39 is 0 Å². The highest BCUT2D eigenvalue weighted by Crippen LogP contribution is 2.20. The molecule has 0 aliphatic rings. The van der Waals surface area contributed by atoms with Gasteiger partial charge in [-0.05, 0) is 42.5 Å². The predicted octanol–water partition coefficient (Wildman–Crippen LogP) is 2.25. The van der Waals surface area contributed by atoms with Gasteiger partial charge in [0, 0.05) is 13.2 Å². The minimum Gasteiger partial charge on any atom is -0.396 e. The number of hydrazine groups is 1. The number of carbonyl (C=O) groups is 1. The third-order valence-corrected chi connectivity index (χ3v) is 2.91. The molecule has 0 saturated carbocycles. The van der Waals surface area contributed by atoms with Crippen LogP contribution in [0.15, 0.2) is 24.3 Å². The molecule has 0 spiro atoms. The van der Waals surface area contributed by atoms with Crippen molar-refractivity contribution in [2.45, 2.75) is 26.7 Å². The number of anilines is 1. The number of rotatable bonds is 7. The molecule has 5 nitrogen and oxygen atoms in total. The van der Waals surface area contributed by atoms with Gasteiger partial charge in [0.1, 0.15) is 5.82 Å². The summed E-state index contributed by atoms with van der Waals surface area (Å²) in [5.41, 5.74) is 5.61. The topological polar surface area (TPSA) is 73.4 Å². The minimum atomic E-state index is -0.351. The standard InChI is InChI=1S/C14H22FN3O2/c1-14(2,10-19)8-3-9-16-13(20)18-17-12-6-4-11(15)5-7-12/h4-7,17,19H,3,8-10H2,1-2H3,(H2,16,18,20). The van der Waals surface area contributed by atoms with Gasteiger partial charge in [0.25, 0.3) is 0 Å². The van der Waals surface area contributed by atoms with E-state index in [1.807, 2.05) is 13.8 Å². The SMILES string of the molecule is CC(C)(CO)CCCNC(=O)NNc1ccc(F)cc1. The summed E-state index contributed by atoms with van der Waals surface area (Å²) in [7, 11) is 0. The summed E-state index contributed by atoms with van der Waals surface area (Å²) < 4.78 is 12.7. The van der Waals surface area contributed by atoms with Gasteiger partial charge in [-0.2, -0.15) is 0 Å². The number of aliphatic hydroxyl groups is 1. The highest BCUT2D eigenvalue weighted by atomic mass is 19.1. The van der Waals surface area contributed by atoms with E-state index in [1.54, 1.807) is 0 Å². The van der Waals surface area contributed by atoms with Crippen molar-refractivity contribution in [3.8, 4) is 0 Å².